The van der Waals surface area contributed by atoms with Crippen LogP contribution in [0.3, 0.4) is 0 Å². The number of benzene rings is 1. The van der Waals surface area contributed by atoms with Gasteiger partial charge in [-0.25, -0.2) is 4.98 Å². The van der Waals surface area contributed by atoms with Gasteiger partial charge in [-0.3, -0.25) is 9.97 Å². The van der Waals surface area contributed by atoms with Gasteiger partial charge in [0.2, 0.25) is 0 Å². The molecular weight excluding hydrogens is 250 g/mol. The lowest BCUT2D eigenvalue weighted by molar-refractivity contribution is 0.780. The molecule has 0 bridgehead atoms. The van der Waals surface area contributed by atoms with Crippen LogP contribution in [0, 0.1) is 6.92 Å². The Morgan fingerprint density at radius 1 is 1.30 bits per heavy atom. The molecule has 0 amide bonds. The van der Waals surface area contributed by atoms with Crippen molar-refractivity contribution < 1.29 is 0 Å². The normalized spacial score (nSPS) is 12.8. The smallest absolute Gasteiger partial charge is 0.106 e. The first-order valence-corrected chi connectivity index (χ1v) is 6.59. The molecule has 2 N–H and O–H groups in total. The number of aromatic nitrogens is 4. The molecule has 0 radical (unpaired) electrons. The molecule has 5 heteroatoms. The molecule has 5 nitrogen and oxygen atoms in total. The zero-order valence-corrected chi connectivity index (χ0v) is 11.6. The third-order valence-corrected chi connectivity index (χ3v) is 3.71. The molecule has 0 aliphatic rings. The van der Waals surface area contributed by atoms with Crippen LogP contribution in [0.25, 0.3) is 11.0 Å². The Labute approximate surface area is 117 Å². The van der Waals surface area contributed by atoms with E-state index in [0.29, 0.717) is 6.54 Å². The quantitative estimate of drug-likeness (QED) is 0.785. The van der Waals surface area contributed by atoms with Crippen molar-refractivity contribution in [3.8, 4) is 0 Å². The highest BCUT2D eigenvalue weighted by molar-refractivity contribution is 5.77. The van der Waals surface area contributed by atoms with E-state index in [9.17, 15) is 0 Å². The lowest BCUT2D eigenvalue weighted by Crippen LogP contribution is -2.15. The molecule has 0 spiro atoms. The standard InChI is InChI=1S/C15H17N5/c1-10-19-13-7-11(3-4-15(13)20(10)2)12(8-16)14-9-17-5-6-18-14/h3-7,9,12H,8,16H2,1-2H3. The molecule has 20 heavy (non-hydrogen) atoms. The Morgan fingerprint density at radius 3 is 2.85 bits per heavy atom. The van der Waals surface area contributed by atoms with Crippen molar-refractivity contribution in [1.82, 2.24) is 19.5 Å². The van der Waals surface area contributed by atoms with Gasteiger partial charge in [-0.2, -0.15) is 0 Å². The van der Waals surface area contributed by atoms with Gasteiger partial charge in [0, 0.05) is 38.1 Å². The molecule has 2 aromatic heterocycles. The second kappa shape index (κ2) is 5.02. The van der Waals surface area contributed by atoms with Crippen molar-refractivity contribution in [3.05, 3.63) is 53.9 Å². The molecule has 1 atom stereocenters. The van der Waals surface area contributed by atoms with Gasteiger partial charge in [0.05, 0.1) is 16.7 Å². The van der Waals surface area contributed by atoms with E-state index in [1.54, 1.807) is 18.6 Å². The third kappa shape index (κ3) is 2.06. The van der Waals surface area contributed by atoms with Gasteiger partial charge in [-0.05, 0) is 24.6 Å². The molecule has 0 aliphatic heterocycles. The van der Waals surface area contributed by atoms with Gasteiger partial charge < -0.3 is 10.3 Å². The monoisotopic (exact) mass is 267 g/mol. The first kappa shape index (κ1) is 12.7. The molecular formula is C15H17N5. The number of imidazole rings is 1. The maximum Gasteiger partial charge on any atom is 0.106 e. The maximum absolute atomic E-state index is 5.92. The van der Waals surface area contributed by atoms with E-state index in [1.807, 2.05) is 14.0 Å². The topological polar surface area (TPSA) is 69.6 Å². The first-order chi connectivity index (χ1) is 9.70. The van der Waals surface area contributed by atoms with Crippen molar-refractivity contribution in [1.29, 1.82) is 0 Å². The van der Waals surface area contributed by atoms with E-state index in [4.69, 9.17) is 5.73 Å². The summed E-state index contributed by atoms with van der Waals surface area (Å²) in [4.78, 5) is 13.1. The summed E-state index contributed by atoms with van der Waals surface area (Å²) in [6, 6.07) is 6.27. The number of hydrogen-bond acceptors (Lipinski definition) is 4. The van der Waals surface area contributed by atoms with Crippen LogP contribution in [0.2, 0.25) is 0 Å². The van der Waals surface area contributed by atoms with Gasteiger partial charge in [0.25, 0.3) is 0 Å². The molecule has 3 aromatic rings. The Bertz CT molecular complexity index is 733. The highest BCUT2D eigenvalue weighted by Gasteiger charge is 2.15. The Balaban J connectivity index is 2.08. The fraction of sp³-hybridized carbons (Fsp3) is 0.267. The third-order valence-electron chi connectivity index (χ3n) is 3.71. The van der Waals surface area contributed by atoms with E-state index < -0.39 is 0 Å². The van der Waals surface area contributed by atoms with Crippen molar-refractivity contribution >= 4 is 11.0 Å². The lowest BCUT2D eigenvalue weighted by Gasteiger charge is -2.14. The van der Waals surface area contributed by atoms with E-state index >= 15 is 0 Å². The minimum Gasteiger partial charge on any atom is -0.331 e. The fourth-order valence-corrected chi connectivity index (χ4v) is 2.47. The second-order valence-electron chi connectivity index (χ2n) is 4.88. The minimum atomic E-state index is 0.0513. The predicted molar refractivity (Wildman–Crippen MR) is 78.4 cm³/mol. The molecule has 102 valence electrons. The van der Waals surface area contributed by atoms with Crippen LogP contribution in [0.4, 0.5) is 0 Å². The van der Waals surface area contributed by atoms with Crippen molar-refractivity contribution in [3.63, 3.8) is 0 Å². The van der Waals surface area contributed by atoms with Crippen molar-refractivity contribution in [2.24, 2.45) is 12.8 Å². The van der Waals surface area contributed by atoms with Gasteiger partial charge in [0.15, 0.2) is 0 Å². The van der Waals surface area contributed by atoms with Crippen LogP contribution >= 0.6 is 0 Å². The van der Waals surface area contributed by atoms with E-state index in [2.05, 4.69) is 37.7 Å². The molecule has 3 rings (SSSR count). The Hall–Kier alpha value is -2.27. The van der Waals surface area contributed by atoms with Crippen molar-refractivity contribution in [2.75, 3.05) is 6.54 Å². The van der Waals surface area contributed by atoms with E-state index in [0.717, 1.165) is 28.1 Å². The average Bonchev–Trinajstić information content (AvgIpc) is 2.76. The minimum absolute atomic E-state index is 0.0513. The summed E-state index contributed by atoms with van der Waals surface area (Å²) in [5.41, 5.74) is 10.1. The summed E-state index contributed by atoms with van der Waals surface area (Å²) < 4.78 is 2.08. The molecule has 0 aliphatic carbocycles. The van der Waals surface area contributed by atoms with E-state index in [-0.39, 0.29) is 5.92 Å². The Kier molecular flexibility index (Phi) is 3.20. The summed E-state index contributed by atoms with van der Waals surface area (Å²) in [6.07, 6.45) is 5.13. The maximum atomic E-state index is 5.92. The number of aryl methyl sites for hydroxylation is 2. The van der Waals surface area contributed by atoms with Gasteiger partial charge >= 0.3 is 0 Å². The summed E-state index contributed by atoms with van der Waals surface area (Å²) >= 11 is 0. The van der Waals surface area contributed by atoms with Gasteiger partial charge in [0.1, 0.15) is 5.82 Å². The molecule has 1 unspecified atom stereocenters. The summed E-state index contributed by atoms with van der Waals surface area (Å²) in [5.74, 6) is 1.05. The highest BCUT2D eigenvalue weighted by Crippen LogP contribution is 2.25. The van der Waals surface area contributed by atoms with Crippen LogP contribution in [-0.2, 0) is 7.05 Å². The molecule has 0 saturated carbocycles. The Morgan fingerprint density at radius 2 is 2.15 bits per heavy atom. The average molecular weight is 267 g/mol. The summed E-state index contributed by atoms with van der Waals surface area (Å²) in [5, 5.41) is 0. The zero-order valence-electron chi connectivity index (χ0n) is 11.6. The molecule has 0 saturated heterocycles. The zero-order chi connectivity index (χ0) is 14.1. The first-order valence-electron chi connectivity index (χ1n) is 6.59. The van der Waals surface area contributed by atoms with Crippen LogP contribution < -0.4 is 5.73 Å². The number of rotatable bonds is 3. The SMILES string of the molecule is Cc1nc2cc(C(CN)c3cnccn3)ccc2n1C. The molecule has 0 fully saturated rings. The number of nitrogens with two attached hydrogens (primary N) is 1. The molecule has 1 aromatic carbocycles. The van der Waals surface area contributed by atoms with Gasteiger partial charge in [-0.15, -0.1) is 0 Å². The fourth-order valence-electron chi connectivity index (χ4n) is 2.47. The highest BCUT2D eigenvalue weighted by atomic mass is 15.0. The second-order valence-corrected chi connectivity index (χ2v) is 4.88. The number of hydrogen-bond donors (Lipinski definition) is 1. The summed E-state index contributed by atoms with van der Waals surface area (Å²) in [6.45, 7) is 2.50. The van der Waals surface area contributed by atoms with Crippen LogP contribution in [0.1, 0.15) is 23.0 Å². The lowest BCUT2D eigenvalue weighted by atomic mass is 9.95. The predicted octanol–water partition coefficient (Wildman–Crippen LogP) is 1.76. The number of nitrogens with zero attached hydrogens (tertiary/aromatic N) is 4. The molecule has 2 heterocycles. The van der Waals surface area contributed by atoms with Crippen LogP contribution in [-0.4, -0.2) is 26.1 Å². The van der Waals surface area contributed by atoms with Crippen LogP contribution in [0.5, 0.6) is 0 Å². The number of fused-ring (bicyclic) bond motifs is 1. The summed E-state index contributed by atoms with van der Waals surface area (Å²) in [7, 11) is 2.02. The van der Waals surface area contributed by atoms with Crippen LogP contribution in [0.15, 0.2) is 36.8 Å². The van der Waals surface area contributed by atoms with E-state index in [1.165, 1.54) is 0 Å². The largest absolute Gasteiger partial charge is 0.331 e. The van der Waals surface area contributed by atoms with Crippen molar-refractivity contribution in [2.45, 2.75) is 12.8 Å². The van der Waals surface area contributed by atoms with Gasteiger partial charge in [-0.1, -0.05) is 6.07 Å².